The number of piperidine rings is 1. The molecule has 5 N–H and O–H groups in total. The summed E-state index contributed by atoms with van der Waals surface area (Å²) in [5, 5.41) is 19.5. The van der Waals surface area contributed by atoms with Crippen LogP contribution in [-0.2, 0) is 24.0 Å². The summed E-state index contributed by atoms with van der Waals surface area (Å²) in [6.45, 7) is 7.51. The lowest BCUT2D eigenvalue weighted by Gasteiger charge is -2.36. The zero-order valence-electron chi connectivity index (χ0n) is 26.9. The molecule has 0 aromatic carbocycles. The summed E-state index contributed by atoms with van der Waals surface area (Å²) in [5.74, 6) is -5.66. The lowest BCUT2D eigenvalue weighted by atomic mass is 9.80. The number of carboxylic acid groups (broad SMARTS) is 1. The molecule has 0 aromatic heterocycles. The van der Waals surface area contributed by atoms with Gasteiger partial charge in [0.25, 0.3) is 5.91 Å². The van der Waals surface area contributed by atoms with Gasteiger partial charge in [-0.2, -0.15) is 13.2 Å². The van der Waals surface area contributed by atoms with Gasteiger partial charge in [-0.3, -0.25) is 24.0 Å². The van der Waals surface area contributed by atoms with E-state index in [1.807, 2.05) is 13.8 Å². The van der Waals surface area contributed by atoms with Crippen molar-refractivity contribution in [2.45, 2.75) is 103 Å². The molecule has 0 spiro atoms. The van der Waals surface area contributed by atoms with Crippen LogP contribution in [0.2, 0.25) is 0 Å². The van der Waals surface area contributed by atoms with Gasteiger partial charge in [0.1, 0.15) is 12.1 Å². The minimum absolute atomic E-state index is 0.0179. The average Bonchev–Trinajstić information content (AvgIpc) is 3.58. The Morgan fingerprint density at radius 3 is 2.13 bits per heavy atom. The van der Waals surface area contributed by atoms with E-state index in [-0.39, 0.29) is 63.8 Å². The molecule has 4 atom stereocenters. The SMILES string of the molecule is CCC1(CC)C[C@@H](C(=O)N[C@@H](C[C@@H]2CCNC2=O)C(=O)C(=O)NC(C)C)N(C(=O)[C@H](CN2CCC(C(F)(F)F)CC2)NC(=O)O)C1. The van der Waals surface area contributed by atoms with Crippen LogP contribution in [0.3, 0.4) is 0 Å². The predicted octanol–water partition coefficient (Wildman–Crippen LogP) is 1.41. The van der Waals surface area contributed by atoms with Crippen molar-refractivity contribution in [1.82, 2.24) is 31.1 Å². The quantitative estimate of drug-likeness (QED) is 0.184. The van der Waals surface area contributed by atoms with E-state index in [2.05, 4.69) is 21.3 Å². The van der Waals surface area contributed by atoms with Crippen molar-refractivity contribution >= 4 is 35.5 Å². The largest absolute Gasteiger partial charge is 0.465 e. The first-order valence-corrected chi connectivity index (χ1v) is 16.0. The summed E-state index contributed by atoms with van der Waals surface area (Å²) in [6.07, 6.45) is -4.53. The number of alkyl halides is 3. The van der Waals surface area contributed by atoms with Crippen molar-refractivity contribution in [2.24, 2.45) is 17.3 Å². The lowest BCUT2D eigenvalue weighted by molar-refractivity contribution is -0.185. The molecule has 13 nitrogen and oxygen atoms in total. The van der Waals surface area contributed by atoms with Crippen molar-refractivity contribution in [3.63, 3.8) is 0 Å². The van der Waals surface area contributed by atoms with Crippen LogP contribution in [0.1, 0.15) is 72.6 Å². The van der Waals surface area contributed by atoms with Crippen LogP contribution in [0.4, 0.5) is 18.0 Å². The summed E-state index contributed by atoms with van der Waals surface area (Å²) in [7, 11) is 0. The fourth-order valence-corrected chi connectivity index (χ4v) is 6.67. The molecule has 3 fully saturated rings. The highest BCUT2D eigenvalue weighted by Crippen LogP contribution is 2.41. The Balaban J connectivity index is 1.85. The molecular weight excluding hydrogens is 613 g/mol. The van der Waals surface area contributed by atoms with Crippen molar-refractivity contribution in [3.05, 3.63) is 0 Å². The van der Waals surface area contributed by atoms with Gasteiger partial charge in [-0.05, 0) is 77.3 Å². The standard InChI is InChI=1S/C30H47F3N6O7/c1-5-29(6-2)14-22(25(42)36-20(13-18-7-10-34-24(18)41)23(40)26(43)35-17(3)4)39(16-29)27(44)21(37-28(45)46)15-38-11-8-19(9-12-38)30(31,32)33/h17-22,37H,5-16H2,1-4H3,(H,34,41)(H,35,43)(H,36,42)(H,45,46)/t18-,20-,21-,22-/m0/s1. The second kappa shape index (κ2) is 15.4. The van der Waals surface area contributed by atoms with Gasteiger partial charge in [0, 0.05) is 31.6 Å². The molecule has 3 aliphatic heterocycles. The number of likely N-dealkylation sites (tertiary alicyclic amines) is 2. The Morgan fingerprint density at radius 2 is 1.63 bits per heavy atom. The first-order valence-electron chi connectivity index (χ1n) is 16.0. The fourth-order valence-electron chi connectivity index (χ4n) is 6.67. The van der Waals surface area contributed by atoms with E-state index in [9.17, 15) is 47.0 Å². The topological polar surface area (TPSA) is 177 Å². The zero-order valence-corrected chi connectivity index (χ0v) is 26.9. The van der Waals surface area contributed by atoms with Crippen molar-refractivity contribution in [1.29, 1.82) is 0 Å². The highest BCUT2D eigenvalue weighted by Gasteiger charge is 2.49. The van der Waals surface area contributed by atoms with E-state index in [1.165, 1.54) is 4.90 Å². The molecule has 0 saturated carbocycles. The maximum absolute atomic E-state index is 14.0. The van der Waals surface area contributed by atoms with Gasteiger partial charge >= 0.3 is 12.3 Å². The van der Waals surface area contributed by atoms with Gasteiger partial charge < -0.3 is 36.2 Å². The molecule has 0 radical (unpaired) electrons. The van der Waals surface area contributed by atoms with Gasteiger partial charge in [-0.15, -0.1) is 0 Å². The number of carbonyl (C=O) groups excluding carboxylic acids is 5. The van der Waals surface area contributed by atoms with Gasteiger partial charge in [-0.25, -0.2) is 4.79 Å². The first-order chi connectivity index (χ1) is 21.5. The van der Waals surface area contributed by atoms with Crippen molar-refractivity contribution in [2.75, 3.05) is 32.7 Å². The third-order valence-corrected chi connectivity index (χ3v) is 9.64. The Labute approximate surface area is 266 Å². The third kappa shape index (κ3) is 9.32. The molecule has 0 aromatic rings. The number of hydrogen-bond acceptors (Lipinski definition) is 7. The normalized spacial score (nSPS) is 23.5. The number of Topliss-reactive ketones (excluding diaryl/α,β-unsaturated/α-hetero) is 1. The van der Waals surface area contributed by atoms with Crippen LogP contribution in [0, 0.1) is 17.3 Å². The minimum Gasteiger partial charge on any atom is -0.465 e. The van der Waals surface area contributed by atoms with Crippen molar-refractivity contribution < 1.29 is 47.0 Å². The Morgan fingerprint density at radius 1 is 1.00 bits per heavy atom. The van der Waals surface area contributed by atoms with Crippen LogP contribution in [0.15, 0.2) is 0 Å². The highest BCUT2D eigenvalue weighted by atomic mass is 19.4. The summed E-state index contributed by atoms with van der Waals surface area (Å²) in [6, 6.07) is -4.20. The maximum atomic E-state index is 14.0. The third-order valence-electron chi connectivity index (χ3n) is 9.64. The Kier molecular flexibility index (Phi) is 12.4. The van der Waals surface area contributed by atoms with E-state index in [0.29, 0.717) is 25.8 Å². The second-order valence-electron chi connectivity index (χ2n) is 13.1. The number of amides is 5. The lowest BCUT2D eigenvalue weighted by Crippen LogP contribution is -2.59. The van der Waals surface area contributed by atoms with Crippen molar-refractivity contribution in [3.8, 4) is 0 Å². The second-order valence-corrected chi connectivity index (χ2v) is 13.1. The zero-order chi connectivity index (χ0) is 34.4. The number of carbonyl (C=O) groups is 6. The van der Waals surface area contributed by atoms with E-state index in [4.69, 9.17) is 0 Å². The molecule has 3 aliphatic rings. The van der Waals surface area contributed by atoms with Gasteiger partial charge in [-0.1, -0.05) is 13.8 Å². The highest BCUT2D eigenvalue weighted by molar-refractivity contribution is 6.38. The number of nitrogens with one attached hydrogen (secondary N) is 4. The molecule has 46 heavy (non-hydrogen) atoms. The Hall–Kier alpha value is -3.43. The number of ketones is 1. The van der Waals surface area contributed by atoms with E-state index < -0.39 is 71.2 Å². The predicted molar refractivity (Wildman–Crippen MR) is 159 cm³/mol. The van der Waals surface area contributed by atoms with Crippen LogP contribution < -0.4 is 21.3 Å². The number of nitrogens with zero attached hydrogens (tertiary/aromatic N) is 2. The maximum Gasteiger partial charge on any atom is 0.405 e. The summed E-state index contributed by atoms with van der Waals surface area (Å²) < 4.78 is 39.6. The van der Waals surface area contributed by atoms with E-state index >= 15 is 0 Å². The molecule has 3 heterocycles. The van der Waals surface area contributed by atoms with E-state index in [0.717, 1.165) is 0 Å². The van der Waals surface area contributed by atoms with Crippen LogP contribution >= 0.6 is 0 Å². The fraction of sp³-hybridized carbons (Fsp3) is 0.800. The van der Waals surface area contributed by atoms with Crippen LogP contribution in [0.25, 0.3) is 0 Å². The molecule has 0 bridgehead atoms. The Bertz CT molecular complexity index is 1150. The molecule has 3 rings (SSSR count). The summed E-state index contributed by atoms with van der Waals surface area (Å²) in [5.41, 5.74) is -0.504. The van der Waals surface area contributed by atoms with Gasteiger partial charge in [0.2, 0.25) is 23.5 Å². The molecule has 0 unspecified atom stereocenters. The minimum atomic E-state index is -4.34. The van der Waals surface area contributed by atoms with Gasteiger partial charge in [0.05, 0.1) is 12.0 Å². The smallest absolute Gasteiger partial charge is 0.405 e. The average molecular weight is 661 g/mol. The monoisotopic (exact) mass is 660 g/mol. The number of rotatable bonds is 13. The number of hydrogen-bond donors (Lipinski definition) is 5. The summed E-state index contributed by atoms with van der Waals surface area (Å²) in [4.78, 5) is 80.8. The molecule has 0 aliphatic carbocycles. The van der Waals surface area contributed by atoms with E-state index in [1.54, 1.807) is 18.7 Å². The molecular formula is C30H47F3N6O7. The molecule has 16 heteroatoms. The number of halogens is 3. The molecule has 260 valence electrons. The summed E-state index contributed by atoms with van der Waals surface area (Å²) >= 11 is 0. The van der Waals surface area contributed by atoms with Crippen LogP contribution in [0.5, 0.6) is 0 Å². The molecule has 5 amide bonds. The van der Waals surface area contributed by atoms with Crippen LogP contribution in [-0.4, -0.2) is 113 Å². The molecule has 3 saturated heterocycles. The first kappa shape index (κ1) is 37.0. The van der Waals surface area contributed by atoms with Gasteiger partial charge in [0.15, 0.2) is 0 Å².